The van der Waals surface area contributed by atoms with Gasteiger partial charge in [-0.1, -0.05) is 18.2 Å². The summed E-state index contributed by atoms with van der Waals surface area (Å²) in [5, 5.41) is 1.73. The van der Waals surface area contributed by atoms with Crippen molar-refractivity contribution in [3.05, 3.63) is 30.3 Å². The fourth-order valence-corrected chi connectivity index (χ4v) is 1.28. The van der Waals surface area contributed by atoms with Gasteiger partial charge in [0, 0.05) is 7.11 Å². The number of hydrogen-bond donors (Lipinski definition) is 0. The lowest BCUT2D eigenvalue weighted by Crippen LogP contribution is -2.44. The minimum Gasteiger partial charge on any atom is -0.357 e. The topological polar surface area (TPSA) is 21.7 Å². The van der Waals surface area contributed by atoms with Crippen LogP contribution in [0.2, 0.25) is 0 Å². The van der Waals surface area contributed by atoms with Gasteiger partial charge in [-0.3, -0.25) is 4.84 Å². The third-order valence-electron chi connectivity index (χ3n) is 2.16. The number of nitrogens with zero attached hydrogens (tertiary/aromatic N) is 1. The summed E-state index contributed by atoms with van der Waals surface area (Å²) in [5.41, 5.74) is 0.498. The molecule has 0 unspecified atom stereocenters. The quantitative estimate of drug-likeness (QED) is 0.544. The number of methoxy groups -OCH3 is 1. The van der Waals surface area contributed by atoms with Gasteiger partial charge in [-0.2, -0.15) is 0 Å². The molecule has 1 rings (SSSR count). The SMILES string of the molecule is CON(c1ccccc1)C(C)(C)OC. The predicted molar refractivity (Wildman–Crippen MR) is 57.0 cm³/mol. The number of hydroxylamine groups is 1. The van der Waals surface area contributed by atoms with Crippen molar-refractivity contribution >= 4 is 5.69 Å². The zero-order valence-electron chi connectivity index (χ0n) is 9.15. The van der Waals surface area contributed by atoms with E-state index in [2.05, 4.69) is 0 Å². The first kappa shape index (κ1) is 11.0. The maximum absolute atomic E-state index is 5.35. The Kier molecular flexibility index (Phi) is 3.49. The molecule has 0 amide bonds. The molecule has 0 aliphatic carbocycles. The summed E-state index contributed by atoms with van der Waals surface area (Å²) in [7, 11) is 3.29. The van der Waals surface area contributed by atoms with Gasteiger partial charge in [-0.15, -0.1) is 0 Å². The summed E-state index contributed by atoms with van der Waals surface area (Å²) in [4.78, 5) is 5.30. The maximum atomic E-state index is 5.35. The van der Waals surface area contributed by atoms with Gasteiger partial charge < -0.3 is 4.74 Å². The van der Waals surface area contributed by atoms with Gasteiger partial charge in [-0.05, 0) is 26.0 Å². The van der Waals surface area contributed by atoms with Gasteiger partial charge in [0.05, 0.1) is 12.8 Å². The zero-order chi connectivity index (χ0) is 10.6. The van der Waals surface area contributed by atoms with Crippen molar-refractivity contribution in [2.45, 2.75) is 19.6 Å². The van der Waals surface area contributed by atoms with Gasteiger partial charge >= 0.3 is 0 Å². The average molecular weight is 195 g/mol. The smallest absolute Gasteiger partial charge is 0.159 e. The number of ether oxygens (including phenoxy) is 1. The van der Waals surface area contributed by atoms with E-state index in [4.69, 9.17) is 9.57 Å². The van der Waals surface area contributed by atoms with Crippen LogP contribution in [0.15, 0.2) is 30.3 Å². The Morgan fingerprint density at radius 2 is 1.64 bits per heavy atom. The lowest BCUT2D eigenvalue weighted by Gasteiger charge is -2.36. The van der Waals surface area contributed by atoms with E-state index in [0.717, 1.165) is 5.69 Å². The van der Waals surface area contributed by atoms with Crippen LogP contribution in [0.4, 0.5) is 5.69 Å². The first-order valence-electron chi connectivity index (χ1n) is 4.56. The second kappa shape index (κ2) is 4.44. The standard InChI is InChI=1S/C11H17NO2/c1-11(2,13-3)12(14-4)10-8-6-5-7-9-10/h5-9H,1-4H3. The number of para-hydroxylation sites is 1. The summed E-state index contributed by atoms with van der Waals surface area (Å²) in [6.07, 6.45) is 0. The third kappa shape index (κ3) is 2.25. The molecule has 0 fully saturated rings. The fourth-order valence-electron chi connectivity index (χ4n) is 1.28. The summed E-state index contributed by atoms with van der Waals surface area (Å²) >= 11 is 0. The number of hydrogen-bond acceptors (Lipinski definition) is 3. The van der Waals surface area contributed by atoms with E-state index in [9.17, 15) is 0 Å². The first-order valence-corrected chi connectivity index (χ1v) is 4.56. The highest BCUT2D eigenvalue weighted by Crippen LogP contribution is 2.23. The maximum Gasteiger partial charge on any atom is 0.159 e. The molecular weight excluding hydrogens is 178 g/mol. The minimum absolute atomic E-state index is 0.476. The van der Waals surface area contributed by atoms with Crippen LogP contribution in [0.25, 0.3) is 0 Å². The van der Waals surface area contributed by atoms with Crippen molar-refractivity contribution in [3.8, 4) is 0 Å². The van der Waals surface area contributed by atoms with E-state index in [1.807, 2.05) is 44.2 Å². The molecule has 0 atom stereocenters. The Hall–Kier alpha value is -1.06. The van der Waals surface area contributed by atoms with E-state index < -0.39 is 5.72 Å². The summed E-state index contributed by atoms with van der Waals surface area (Å²) in [6, 6.07) is 9.85. The molecule has 3 nitrogen and oxygen atoms in total. The van der Waals surface area contributed by atoms with E-state index in [0.29, 0.717) is 0 Å². The molecule has 0 heterocycles. The van der Waals surface area contributed by atoms with Crippen molar-refractivity contribution in [2.75, 3.05) is 19.3 Å². The Bertz CT molecular complexity index is 272. The van der Waals surface area contributed by atoms with E-state index in [-0.39, 0.29) is 0 Å². The molecule has 1 aromatic rings. The minimum atomic E-state index is -0.476. The lowest BCUT2D eigenvalue weighted by molar-refractivity contribution is -0.0591. The molecule has 3 heteroatoms. The van der Waals surface area contributed by atoms with Gasteiger partial charge in [-0.25, -0.2) is 5.06 Å². The van der Waals surface area contributed by atoms with Crippen molar-refractivity contribution in [2.24, 2.45) is 0 Å². The summed E-state index contributed by atoms with van der Waals surface area (Å²) in [6.45, 7) is 3.90. The Labute approximate surface area is 85.2 Å². The molecule has 0 aliphatic heterocycles. The average Bonchev–Trinajstić information content (AvgIpc) is 2.20. The number of benzene rings is 1. The molecule has 0 radical (unpaired) electrons. The van der Waals surface area contributed by atoms with Crippen LogP contribution in [-0.4, -0.2) is 19.9 Å². The Balaban J connectivity index is 2.93. The van der Waals surface area contributed by atoms with Crippen LogP contribution in [0.5, 0.6) is 0 Å². The molecular formula is C11H17NO2. The summed E-state index contributed by atoms with van der Waals surface area (Å²) < 4.78 is 5.35. The molecule has 0 aromatic heterocycles. The second-order valence-electron chi connectivity index (χ2n) is 3.46. The zero-order valence-corrected chi connectivity index (χ0v) is 9.15. The normalized spacial score (nSPS) is 11.4. The van der Waals surface area contributed by atoms with Crippen molar-refractivity contribution in [3.63, 3.8) is 0 Å². The highest BCUT2D eigenvalue weighted by molar-refractivity contribution is 5.44. The molecule has 78 valence electrons. The van der Waals surface area contributed by atoms with Crippen LogP contribution in [0.3, 0.4) is 0 Å². The van der Waals surface area contributed by atoms with Crippen LogP contribution in [0.1, 0.15) is 13.8 Å². The van der Waals surface area contributed by atoms with Crippen molar-refractivity contribution < 1.29 is 9.57 Å². The first-order chi connectivity index (χ1) is 6.61. The molecule has 0 spiro atoms. The van der Waals surface area contributed by atoms with Crippen LogP contribution in [0, 0.1) is 0 Å². The van der Waals surface area contributed by atoms with Crippen LogP contribution >= 0.6 is 0 Å². The molecule has 0 N–H and O–H groups in total. The molecule has 14 heavy (non-hydrogen) atoms. The highest BCUT2D eigenvalue weighted by Gasteiger charge is 2.26. The second-order valence-corrected chi connectivity index (χ2v) is 3.46. The van der Waals surface area contributed by atoms with Crippen molar-refractivity contribution in [1.82, 2.24) is 0 Å². The highest BCUT2D eigenvalue weighted by atomic mass is 16.7. The monoisotopic (exact) mass is 195 g/mol. The molecule has 1 aromatic carbocycles. The van der Waals surface area contributed by atoms with Crippen molar-refractivity contribution in [1.29, 1.82) is 0 Å². The fraction of sp³-hybridized carbons (Fsp3) is 0.455. The molecule has 0 saturated heterocycles. The van der Waals surface area contributed by atoms with Crippen LogP contribution < -0.4 is 5.06 Å². The Morgan fingerprint density at radius 1 is 1.07 bits per heavy atom. The van der Waals surface area contributed by atoms with Gasteiger partial charge in [0.25, 0.3) is 0 Å². The van der Waals surface area contributed by atoms with Gasteiger partial charge in [0.1, 0.15) is 0 Å². The molecule has 0 saturated carbocycles. The predicted octanol–water partition coefficient (Wildman–Crippen LogP) is 2.44. The number of anilines is 1. The largest absolute Gasteiger partial charge is 0.357 e. The van der Waals surface area contributed by atoms with E-state index in [1.165, 1.54) is 0 Å². The van der Waals surface area contributed by atoms with Gasteiger partial charge in [0.2, 0.25) is 0 Å². The molecule has 0 bridgehead atoms. The number of rotatable bonds is 4. The third-order valence-corrected chi connectivity index (χ3v) is 2.16. The van der Waals surface area contributed by atoms with E-state index in [1.54, 1.807) is 19.3 Å². The molecule has 0 aliphatic rings. The Morgan fingerprint density at radius 3 is 2.07 bits per heavy atom. The summed E-state index contributed by atoms with van der Waals surface area (Å²) in [5.74, 6) is 0. The lowest BCUT2D eigenvalue weighted by atomic mass is 10.2. The van der Waals surface area contributed by atoms with Crippen LogP contribution in [-0.2, 0) is 9.57 Å². The van der Waals surface area contributed by atoms with E-state index >= 15 is 0 Å². The van der Waals surface area contributed by atoms with Gasteiger partial charge in [0.15, 0.2) is 5.72 Å².